The van der Waals surface area contributed by atoms with Crippen molar-refractivity contribution in [1.29, 1.82) is 0 Å². The highest BCUT2D eigenvalue weighted by Gasteiger charge is 2.40. The maximum atomic E-state index is 12.0. The zero-order valence-electron chi connectivity index (χ0n) is 12.4. The van der Waals surface area contributed by atoms with E-state index in [1.54, 1.807) is 0 Å². The summed E-state index contributed by atoms with van der Waals surface area (Å²) in [4.78, 5) is 12.0. The molecule has 1 amide bonds. The molecule has 22 heavy (non-hydrogen) atoms. The number of rotatable bonds is 5. The average Bonchev–Trinajstić information content (AvgIpc) is 2.53. The minimum Gasteiger partial charge on any atom is -0.489 e. The van der Waals surface area contributed by atoms with Gasteiger partial charge in [-0.3, -0.25) is 4.79 Å². The van der Waals surface area contributed by atoms with Crippen LogP contribution < -0.4 is 15.8 Å². The quantitative estimate of drug-likeness (QED) is 0.891. The van der Waals surface area contributed by atoms with Gasteiger partial charge in [0.2, 0.25) is 5.91 Å². The van der Waals surface area contributed by atoms with Crippen molar-refractivity contribution in [3.63, 3.8) is 0 Å². The minimum atomic E-state index is -0.678. The lowest BCUT2D eigenvalue weighted by Crippen LogP contribution is -2.56. The summed E-state index contributed by atoms with van der Waals surface area (Å²) in [7, 11) is 0. The molecular weight excluding hydrogens is 276 g/mol. The molecule has 0 saturated heterocycles. The fourth-order valence-electron chi connectivity index (χ4n) is 2.42. The molecule has 0 radical (unpaired) electrons. The Hall–Kier alpha value is -2.33. The summed E-state index contributed by atoms with van der Waals surface area (Å²) in [5.41, 5.74) is 7.19. The van der Waals surface area contributed by atoms with Crippen molar-refractivity contribution < 1.29 is 9.53 Å². The number of ether oxygens (including phenoxy) is 1. The molecule has 3 N–H and O–H groups in total. The molecule has 0 heterocycles. The molecule has 4 heteroatoms. The van der Waals surface area contributed by atoms with E-state index >= 15 is 0 Å². The second-order valence-corrected chi connectivity index (χ2v) is 5.76. The van der Waals surface area contributed by atoms with Crippen molar-refractivity contribution in [2.45, 2.75) is 31.4 Å². The monoisotopic (exact) mass is 296 g/mol. The summed E-state index contributed by atoms with van der Waals surface area (Å²) in [6.07, 6.45) is 2.55. The van der Waals surface area contributed by atoms with E-state index in [9.17, 15) is 4.79 Å². The zero-order valence-corrected chi connectivity index (χ0v) is 12.4. The Morgan fingerprint density at radius 2 is 1.77 bits per heavy atom. The SMILES string of the molecule is NC1(C(=O)Nc2ccc(OCc3ccccc3)cc2)CCC1. The lowest BCUT2D eigenvalue weighted by molar-refractivity contribution is -0.123. The molecule has 0 aliphatic heterocycles. The normalized spacial score (nSPS) is 15.7. The van der Waals surface area contributed by atoms with Crippen molar-refractivity contribution in [2.75, 3.05) is 5.32 Å². The maximum Gasteiger partial charge on any atom is 0.244 e. The van der Waals surface area contributed by atoms with Crippen LogP contribution in [0, 0.1) is 0 Å². The highest BCUT2D eigenvalue weighted by molar-refractivity contribution is 5.98. The van der Waals surface area contributed by atoms with Gasteiger partial charge in [0, 0.05) is 5.69 Å². The van der Waals surface area contributed by atoms with Crippen LogP contribution in [0.25, 0.3) is 0 Å². The number of hydrogen-bond donors (Lipinski definition) is 2. The van der Waals surface area contributed by atoms with Crippen molar-refractivity contribution in [3.8, 4) is 5.75 Å². The van der Waals surface area contributed by atoms with Gasteiger partial charge in [-0.15, -0.1) is 0 Å². The second-order valence-electron chi connectivity index (χ2n) is 5.76. The number of anilines is 1. The summed E-state index contributed by atoms with van der Waals surface area (Å²) in [6, 6.07) is 17.4. The van der Waals surface area contributed by atoms with Crippen LogP contribution in [0.5, 0.6) is 5.75 Å². The van der Waals surface area contributed by atoms with Crippen LogP contribution in [-0.4, -0.2) is 11.4 Å². The van der Waals surface area contributed by atoms with Crippen LogP contribution in [0.3, 0.4) is 0 Å². The van der Waals surface area contributed by atoms with Gasteiger partial charge in [0.05, 0.1) is 5.54 Å². The van der Waals surface area contributed by atoms with Gasteiger partial charge in [0.15, 0.2) is 0 Å². The lowest BCUT2D eigenvalue weighted by Gasteiger charge is -2.36. The van der Waals surface area contributed by atoms with Crippen LogP contribution in [0.1, 0.15) is 24.8 Å². The van der Waals surface area contributed by atoms with Gasteiger partial charge in [0.1, 0.15) is 12.4 Å². The maximum absolute atomic E-state index is 12.0. The van der Waals surface area contributed by atoms with E-state index in [-0.39, 0.29) is 5.91 Å². The molecule has 0 aromatic heterocycles. The van der Waals surface area contributed by atoms with Gasteiger partial charge >= 0.3 is 0 Å². The number of carbonyl (C=O) groups is 1. The lowest BCUT2D eigenvalue weighted by atomic mass is 9.77. The average molecular weight is 296 g/mol. The highest BCUT2D eigenvalue weighted by atomic mass is 16.5. The van der Waals surface area contributed by atoms with Crippen LogP contribution in [0.2, 0.25) is 0 Å². The van der Waals surface area contributed by atoms with Gasteiger partial charge in [-0.25, -0.2) is 0 Å². The van der Waals surface area contributed by atoms with E-state index < -0.39 is 5.54 Å². The third kappa shape index (κ3) is 3.28. The Bertz CT molecular complexity index is 634. The number of nitrogens with two attached hydrogens (primary N) is 1. The van der Waals surface area contributed by atoms with E-state index in [1.807, 2.05) is 54.6 Å². The summed E-state index contributed by atoms with van der Waals surface area (Å²) in [6.45, 7) is 0.526. The van der Waals surface area contributed by atoms with E-state index in [0.29, 0.717) is 6.61 Å². The highest BCUT2D eigenvalue weighted by Crippen LogP contribution is 2.30. The van der Waals surface area contributed by atoms with Gasteiger partial charge < -0.3 is 15.8 Å². The first-order chi connectivity index (χ1) is 10.7. The third-order valence-electron chi connectivity index (χ3n) is 4.06. The number of amides is 1. The zero-order chi connectivity index (χ0) is 15.4. The predicted molar refractivity (Wildman–Crippen MR) is 86.6 cm³/mol. The Morgan fingerprint density at radius 3 is 2.36 bits per heavy atom. The Morgan fingerprint density at radius 1 is 1.09 bits per heavy atom. The molecule has 1 saturated carbocycles. The standard InChI is InChI=1S/C18H20N2O2/c19-18(11-4-12-18)17(21)20-15-7-9-16(10-8-15)22-13-14-5-2-1-3-6-14/h1-3,5-10H,4,11-13,19H2,(H,20,21). The largest absolute Gasteiger partial charge is 0.489 e. The van der Waals surface area contributed by atoms with Gasteiger partial charge in [-0.1, -0.05) is 30.3 Å². The summed E-state index contributed by atoms with van der Waals surface area (Å²) >= 11 is 0. The van der Waals surface area contributed by atoms with Crippen LogP contribution in [-0.2, 0) is 11.4 Å². The van der Waals surface area contributed by atoms with E-state index in [2.05, 4.69) is 5.32 Å². The Balaban J connectivity index is 1.55. The first-order valence-electron chi connectivity index (χ1n) is 7.53. The molecule has 0 spiro atoms. The van der Waals surface area contributed by atoms with Gasteiger partial charge in [-0.05, 0) is 49.1 Å². The molecule has 1 aliphatic rings. The van der Waals surface area contributed by atoms with Gasteiger partial charge in [-0.2, -0.15) is 0 Å². The smallest absolute Gasteiger partial charge is 0.244 e. The molecule has 4 nitrogen and oxygen atoms in total. The Labute approximate surface area is 130 Å². The molecule has 0 bridgehead atoms. The van der Waals surface area contributed by atoms with Crippen molar-refractivity contribution in [3.05, 3.63) is 60.2 Å². The molecule has 114 valence electrons. The second kappa shape index (κ2) is 6.20. The molecule has 2 aromatic rings. The van der Waals surface area contributed by atoms with E-state index in [4.69, 9.17) is 10.5 Å². The summed E-state index contributed by atoms with van der Waals surface area (Å²) in [5.74, 6) is 0.671. The number of carbonyl (C=O) groups excluding carboxylic acids is 1. The first-order valence-corrected chi connectivity index (χ1v) is 7.53. The van der Waals surface area contributed by atoms with Crippen molar-refractivity contribution in [1.82, 2.24) is 0 Å². The van der Waals surface area contributed by atoms with E-state index in [0.717, 1.165) is 36.3 Å². The molecule has 0 atom stereocenters. The molecule has 3 rings (SSSR count). The van der Waals surface area contributed by atoms with Crippen molar-refractivity contribution in [2.24, 2.45) is 5.73 Å². The van der Waals surface area contributed by atoms with Crippen LogP contribution >= 0.6 is 0 Å². The third-order valence-corrected chi connectivity index (χ3v) is 4.06. The summed E-state index contributed by atoms with van der Waals surface area (Å²) in [5, 5.41) is 2.87. The number of benzene rings is 2. The predicted octanol–water partition coefficient (Wildman–Crippen LogP) is 3.09. The molecule has 0 unspecified atom stereocenters. The van der Waals surface area contributed by atoms with Crippen LogP contribution in [0.15, 0.2) is 54.6 Å². The fraction of sp³-hybridized carbons (Fsp3) is 0.278. The summed E-state index contributed by atoms with van der Waals surface area (Å²) < 4.78 is 5.71. The number of hydrogen-bond acceptors (Lipinski definition) is 3. The molecule has 2 aromatic carbocycles. The fourth-order valence-corrected chi connectivity index (χ4v) is 2.42. The first kappa shape index (κ1) is 14.6. The van der Waals surface area contributed by atoms with Crippen molar-refractivity contribution >= 4 is 11.6 Å². The molecular formula is C18H20N2O2. The van der Waals surface area contributed by atoms with Crippen LogP contribution in [0.4, 0.5) is 5.69 Å². The topological polar surface area (TPSA) is 64.4 Å². The Kier molecular flexibility index (Phi) is 4.11. The molecule has 1 fully saturated rings. The molecule has 1 aliphatic carbocycles. The minimum absolute atomic E-state index is 0.100. The number of nitrogens with one attached hydrogen (secondary N) is 1. The van der Waals surface area contributed by atoms with Gasteiger partial charge in [0.25, 0.3) is 0 Å². The van der Waals surface area contributed by atoms with E-state index in [1.165, 1.54) is 0 Å².